The summed E-state index contributed by atoms with van der Waals surface area (Å²) in [5.74, 6) is 0.786. The SMILES string of the molecule is CCCC1CC1NC(C)c1cccc(S(N)(=O)=O)c1. The van der Waals surface area contributed by atoms with E-state index in [0.29, 0.717) is 6.04 Å². The third kappa shape index (κ3) is 3.78. The summed E-state index contributed by atoms with van der Waals surface area (Å²) < 4.78 is 22.7. The van der Waals surface area contributed by atoms with E-state index in [4.69, 9.17) is 5.14 Å². The molecule has 0 spiro atoms. The second-order valence-electron chi connectivity index (χ2n) is 5.40. The van der Waals surface area contributed by atoms with Crippen molar-refractivity contribution in [1.29, 1.82) is 0 Å². The third-order valence-corrected chi connectivity index (χ3v) is 4.64. The lowest BCUT2D eigenvalue weighted by molar-refractivity contribution is 0.529. The van der Waals surface area contributed by atoms with E-state index in [0.717, 1.165) is 11.5 Å². The lowest BCUT2D eigenvalue weighted by Gasteiger charge is -2.15. The fourth-order valence-corrected chi connectivity index (χ4v) is 3.09. The van der Waals surface area contributed by atoms with Crippen molar-refractivity contribution in [2.45, 2.75) is 50.1 Å². The van der Waals surface area contributed by atoms with E-state index in [2.05, 4.69) is 19.2 Å². The van der Waals surface area contributed by atoms with Crippen LogP contribution in [0.1, 0.15) is 44.7 Å². The van der Waals surface area contributed by atoms with Crippen molar-refractivity contribution < 1.29 is 8.42 Å². The number of nitrogens with one attached hydrogen (secondary N) is 1. The van der Waals surface area contributed by atoms with Gasteiger partial charge in [-0.2, -0.15) is 0 Å². The Morgan fingerprint density at radius 1 is 1.47 bits per heavy atom. The average Bonchev–Trinajstić information content (AvgIpc) is 3.07. The van der Waals surface area contributed by atoms with Gasteiger partial charge in [0, 0.05) is 12.1 Å². The van der Waals surface area contributed by atoms with Crippen LogP contribution in [0.25, 0.3) is 0 Å². The van der Waals surface area contributed by atoms with Crippen molar-refractivity contribution in [2.75, 3.05) is 0 Å². The van der Waals surface area contributed by atoms with Gasteiger partial charge in [-0.25, -0.2) is 13.6 Å². The molecule has 0 bridgehead atoms. The van der Waals surface area contributed by atoms with Crippen LogP contribution in [0.5, 0.6) is 0 Å². The molecule has 5 heteroatoms. The number of nitrogens with two attached hydrogens (primary N) is 1. The molecule has 3 atom stereocenters. The van der Waals surface area contributed by atoms with Gasteiger partial charge in [-0.3, -0.25) is 0 Å². The Balaban J connectivity index is 2.02. The lowest BCUT2D eigenvalue weighted by atomic mass is 10.1. The minimum absolute atomic E-state index is 0.147. The first-order valence-corrected chi connectivity index (χ1v) is 8.35. The first-order chi connectivity index (χ1) is 8.91. The van der Waals surface area contributed by atoms with Gasteiger partial charge in [0.05, 0.1) is 4.90 Å². The van der Waals surface area contributed by atoms with Gasteiger partial charge in [0.1, 0.15) is 0 Å². The second-order valence-corrected chi connectivity index (χ2v) is 6.96. The smallest absolute Gasteiger partial charge is 0.238 e. The predicted octanol–water partition coefficient (Wildman–Crippen LogP) is 2.17. The maximum absolute atomic E-state index is 11.3. The van der Waals surface area contributed by atoms with Gasteiger partial charge in [0.15, 0.2) is 0 Å². The van der Waals surface area contributed by atoms with E-state index >= 15 is 0 Å². The van der Waals surface area contributed by atoms with Crippen molar-refractivity contribution >= 4 is 10.0 Å². The minimum Gasteiger partial charge on any atom is -0.307 e. The number of rotatable bonds is 6. The Morgan fingerprint density at radius 2 is 2.21 bits per heavy atom. The van der Waals surface area contributed by atoms with Crippen LogP contribution < -0.4 is 10.5 Å². The van der Waals surface area contributed by atoms with Crippen molar-refractivity contribution in [1.82, 2.24) is 5.32 Å². The summed E-state index contributed by atoms with van der Waals surface area (Å²) in [7, 11) is -3.62. The van der Waals surface area contributed by atoms with E-state index in [1.165, 1.54) is 25.3 Å². The Labute approximate surface area is 115 Å². The quantitative estimate of drug-likeness (QED) is 0.840. The van der Waals surface area contributed by atoms with Crippen LogP contribution in [0.3, 0.4) is 0 Å². The van der Waals surface area contributed by atoms with Crippen LogP contribution in [0.4, 0.5) is 0 Å². The highest BCUT2D eigenvalue weighted by molar-refractivity contribution is 7.89. The van der Waals surface area contributed by atoms with E-state index < -0.39 is 10.0 Å². The number of hydrogen-bond donors (Lipinski definition) is 2. The maximum Gasteiger partial charge on any atom is 0.238 e. The molecule has 1 saturated carbocycles. The van der Waals surface area contributed by atoms with Crippen LogP contribution in [0, 0.1) is 5.92 Å². The molecule has 3 unspecified atom stereocenters. The number of sulfonamides is 1. The highest BCUT2D eigenvalue weighted by Crippen LogP contribution is 2.36. The summed E-state index contributed by atoms with van der Waals surface area (Å²) in [6, 6.07) is 7.58. The monoisotopic (exact) mass is 282 g/mol. The first-order valence-electron chi connectivity index (χ1n) is 6.80. The molecule has 4 nitrogen and oxygen atoms in total. The standard InChI is InChI=1S/C14H22N2O2S/c1-3-5-12-9-14(12)16-10(2)11-6-4-7-13(8-11)19(15,17)18/h4,6-8,10,12,14,16H,3,5,9H2,1-2H3,(H2,15,17,18). The van der Waals surface area contributed by atoms with Crippen LogP contribution in [-0.2, 0) is 10.0 Å². The molecular weight excluding hydrogens is 260 g/mol. The highest BCUT2D eigenvalue weighted by atomic mass is 32.2. The van der Waals surface area contributed by atoms with E-state index in [9.17, 15) is 8.42 Å². The summed E-state index contributed by atoms with van der Waals surface area (Å²) in [6.07, 6.45) is 3.72. The maximum atomic E-state index is 11.3. The second kappa shape index (κ2) is 5.61. The van der Waals surface area contributed by atoms with Crippen molar-refractivity contribution in [3.8, 4) is 0 Å². The van der Waals surface area contributed by atoms with Crippen LogP contribution in [0.15, 0.2) is 29.2 Å². The minimum atomic E-state index is -3.62. The molecule has 1 aliphatic rings. The van der Waals surface area contributed by atoms with E-state index in [-0.39, 0.29) is 10.9 Å². The molecule has 0 radical (unpaired) electrons. The van der Waals surface area contributed by atoms with Crippen LogP contribution in [-0.4, -0.2) is 14.5 Å². The average molecular weight is 282 g/mol. The molecule has 1 fully saturated rings. The fourth-order valence-electron chi connectivity index (χ4n) is 2.52. The summed E-state index contributed by atoms with van der Waals surface area (Å²) in [4.78, 5) is 0.180. The van der Waals surface area contributed by atoms with Gasteiger partial charge in [0.2, 0.25) is 10.0 Å². The normalized spacial score (nSPS) is 24.2. The Kier molecular flexibility index (Phi) is 4.28. The number of hydrogen-bond acceptors (Lipinski definition) is 3. The molecule has 1 aromatic rings. The lowest BCUT2D eigenvalue weighted by Crippen LogP contribution is -2.23. The highest BCUT2D eigenvalue weighted by Gasteiger charge is 2.36. The first kappa shape index (κ1) is 14.5. The molecule has 0 heterocycles. The van der Waals surface area contributed by atoms with E-state index in [1.807, 2.05) is 6.07 Å². The van der Waals surface area contributed by atoms with Gasteiger partial charge < -0.3 is 5.32 Å². The Bertz CT molecular complexity index is 542. The molecule has 0 aromatic heterocycles. The van der Waals surface area contributed by atoms with Crippen molar-refractivity contribution in [2.24, 2.45) is 11.1 Å². The van der Waals surface area contributed by atoms with Gasteiger partial charge in [-0.1, -0.05) is 25.5 Å². The molecule has 1 aliphatic carbocycles. The molecule has 0 aliphatic heterocycles. The van der Waals surface area contributed by atoms with Gasteiger partial charge >= 0.3 is 0 Å². The zero-order valence-electron chi connectivity index (χ0n) is 11.5. The summed E-state index contributed by atoms with van der Waals surface area (Å²) in [6.45, 7) is 4.26. The van der Waals surface area contributed by atoms with Gasteiger partial charge in [0.25, 0.3) is 0 Å². The Morgan fingerprint density at radius 3 is 2.84 bits per heavy atom. The van der Waals surface area contributed by atoms with Crippen LogP contribution in [0.2, 0.25) is 0 Å². The molecule has 0 saturated heterocycles. The molecule has 106 valence electrons. The topological polar surface area (TPSA) is 72.2 Å². The molecule has 1 aromatic carbocycles. The molecule has 19 heavy (non-hydrogen) atoms. The van der Waals surface area contributed by atoms with Gasteiger partial charge in [-0.15, -0.1) is 0 Å². The summed E-state index contributed by atoms with van der Waals surface area (Å²) in [5.41, 5.74) is 0.966. The summed E-state index contributed by atoms with van der Waals surface area (Å²) in [5, 5.41) is 8.70. The molecule has 0 amide bonds. The third-order valence-electron chi connectivity index (χ3n) is 3.73. The van der Waals surface area contributed by atoms with Crippen molar-refractivity contribution in [3.63, 3.8) is 0 Å². The summed E-state index contributed by atoms with van der Waals surface area (Å²) >= 11 is 0. The molecular formula is C14H22N2O2S. The molecule has 2 rings (SSSR count). The zero-order chi connectivity index (χ0) is 14.0. The molecule has 3 N–H and O–H groups in total. The van der Waals surface area contributed by atoms with Crippen LogP contribution >= 0.6 is 0 Å². The van der Waals surface area contributed by atoms with Gasteiger partial charge in [-0.05, 0) is 43.4 Å². The largest absolute Gasteiger partial charge is 0.307 e. The Hall–Kier alpha value is -0.910. The predicted molar refractivity (Wildman–Crippen MR) is 76.2 cm³/mol. The fraction of sp³-hybridized carbons (Fsp3) is 0.571. The number of primary sulfonamides is 1. The van der Waals surface area contributed by atoms with Crippen molar-refractivity contribution in [3.05, 3.63) is 29.8 Å². The number of benzene rings is 1. The zero-order valence-corrected chi connectivity index (χ0v) is 12.3. The van der Waals surface area contributed by atoms with E-state index in [1.54, 1.807) is 12.1 Å².